The van der Waals surface area contributed by atoms with E-state index in [1.165, 1.54) is 276 Å². The minimum atomic E-state index is 0.0269. The number of aliphatic hydroxyl groups is 2. The van der Waals surface area contributed by atoms with Crippen molar-refractivity contribution in [1.29, 1.82) is 0 Å². The van der Waals surface area contributed by atoms with Gasteiger partial charge in [0.1, 0.15) is 12.2 Å². The first-order valence-corrected chi connectivity index (χ1v) is 37.4. The van der Waals surface area contributed by atoms with Gasteiger partial charge >= 0.3 is 11.9 Å². The third-order valence-corrected chi connectivity index (χ3v) is 17.9. The van der Waals surface area contributed by atoms with Crippen molar-refractivity contribution in [2.45, 2.75) is 406 Å². The number of esters is 2. The van der Waals surface area contributed by atoms with E-state index < -0.39 is 0 Å². The van der Waals surface area contributed by atoms with Crippen LogP contribution in [-0.2, 0) is 19.1 Å². The standard InChI is InChI=1S/C74H148N2O6/c1-6-11-16-21-28-38-49-62-76(67-54-69-78)65-52-41-37-43-56-70(74(80)82-72(59-46-34-24-19-14-9-4)60-47-35-25-20-15-10-5)55-42-31-27-26-29-39-50-63-75(66-53-68-77)64-51-40-30-36-48-61-73(79)81-71(57-44-32-22-17-12-7-2)58-45-33-23-18-13-8-3/h70-72,77-78H,6-69H2,1-5H3. The van der Waals surface area contributed by atoms with Gasteiger partial charge in [0.05, 0.1) is 5.92 Å². The largest absolute Gasteiger partial charge is 0.462 e. The molecule has 0 aromatic carbocycles. The molecule has 0 amide bonds. The molecule has 0 aromatic rings. The summed E-state index contributed by atoms with van der Waals surface area (Å²) in [5.41, 5.74) is 0. The minimum absolute atomic E-state index is 0.0269. The van der Waals surface area contributed by atoms with Crippen LogP contribution in [0.3, 0.4) is 0 Å². The van der Waals surface area contributed by atoms with E-state index in [0.717, 1.165) is 116 Å². The van der Waals surface area contributed by atoms with Gasteiger partial charge in [-0.3, -0.25) is 9.59 Å². The molecule has 490 valence electrons. The fourth-order valence-electron chi connectivity index (χ4n) is 12.4. The zero-order valence-electron chi connectivity index (χ0n) is 56.4. The zero-order valence-corrected chi connectivity index (χ0v) is 56.4. The lowest BCUT2D eigenvalue weighted by Crippen LogP contribution is -2.28. The highest BCUT2D eigenvalue weighted by molar-refractivity contribution is 5.72. The first-order valence-electron chi connectivity index (χ1n) is 37.4. The van der Waals surface area contributed by atoms with Gasteiger partial charge in [0, 0.05) is 32.7 Å². The summed E-state index contributed by atoms with van der Waals surface area (Å²) in [5.74, 6) is 0.162. The lowest BCUT2D eigenvalue weighted by Gasteiger charge is -2.23. The third kappa shape index (κ3) is 57.8. The van der Waals surface area contributed by atoms with Crippen LogP contribution in [0, 0.1) is 5.92 Å². The molecule has 8 heteroatoms. The van der Waals surface area contributed by atoms with Crippen molar-refractivity contribution in [3.05, 3.63) is 0 Å². The summed E-state index contributed by atoms with van der Waals surface area (Å²) in [6, 6.07) is 0. The SMILES string of the molecule is CCCCCCCCCN(CCCO)CCCCCCC(CCCCCCCCCN(CCCO)CCCCCCCC(=O)OC(CCCCCCCC)CCCCCCCC)C(=O)OC(CCCCCCCC)CCCCCCCC. The van der Waals surface area contributed by atoms with Gasteiger partial charge in [0.25, 0.3) is 0 Å². The molecule has 0 spiro atoms. The molecule has 0 bridgehead atoms. The molecular weight excluding hydrogens is 1010 g/mol. The summed E-state index contributed by atoms with van der Waals surface area (Å²) in [6.07, 6.45) is 67.6. The van der Waals surface area contributed by atoms with Crippen molar-refractivity contribution in [2.75, 3.05) is 52.5 Å². The molecule has 0 saturated heterocycles. The summed E-state index contributed by atoms with van der Waals surface area (Å²) in [5, 5.41) is 19.2. The Hall–Kier alpha value is -1.22. The lowest BCUT2D eigenvalue weighted by atomic mass is 9.94. The van der Waals surface area contributed by atoms with Crippen LogP contribution in [0.1, 0.15) is 394 Å². The highest BCUT2D eigenvalue weighted by atomic mass is 16.5. The topological polar surface area (TPSA) is 99.5 Å². The van der Waals surface area contributed by atoms with Gasteiger partial charge in [0.2, 0.25) is 0 Å². The van der Waals surface area contributed by atoms with E-state index in [-0.39, 0.29) is 43.3 Å². The van der Waals surface area contributed by atoms with Crippen molar-refractivity contribution in [3.8, 4) is 0 Å². The van der Waals surface area contributed by atoms with E-state index in [1.807, 2.05) is 0 Å². The van der Waals surface area contributed by atoms with Gasteiger partial charge in [-0.25, -0.2) is 0 Å². The molecule has 0 heterocycles. The van der Waals surface area contributed by atoms with E-state index in [2.05, 4.69) is 44.4 Å². The molecule has 0 rings (SSSR count). The maximum atomic E-state index is 14.2. The summed E-state index contributed by atoms with van der Waals surface area (Å²) in [4.78, 5) is 32.3. The molecule has 1 unspecified atom stereocenters. The van der Waals surface area contributed by atoms with Crippen LogP contribution in [-0.4, -0.2) is 96.6 Å². The Morgan fingerprint density at radius 2 is 0.512 bits per heavy atom. The van der Waals surface area contributed by atoms with Crippen LogP contribution >= 0.6 is 0 Å². The van der Waals surface area contributed by atoms with Gasteiger partial charge < -0.3 is 29.5 Å². The Kier molecular flexibility index (Phi) is 66.3. The third-order valence-electron chi connectivity index (χ3n) is 17.9. The van der Waals surface area contributed by atoms with Crippen molar-refractivity contribution >= 4 is 11.9 Å². The summed E-state index contributed by atoms with van der Waals surface area (Å²) >= 11 is 0. The van der Waals surface area contributed by atoms with E-state index in [0.29, 0.717) is 6.42 Å². The van der Waals surface area contributed by atoms with Crippen molar-refractivity contribution in [3.63, 3.8) is 0 Å². The van der Waals surface area contributed by atoms with E-state index in [9.17, 15) is 19.8 Å². The number of aliphatic hydroxyl groups excluding tert-OH is 2. The molecule has 0 aliphatic heterocycles. The monoisotopic (exact) mass is 1160 g/mol. The Morgan fingerprint density at radius 1 is 0.280 bits per heavy atom. The maximum Gasteiger partial charge on any atom is 0.309 e. The lowest BCUT2D eigenvalue weighted by molar-refractivity contribution is -0.155. The molecule has 0 radical (unpaired) electrons. The van der Waals surface area contributed by atoms with Crippen LogP contribution in [0.2, 0.25) is 0 Å². The Balaban J connectivity index is 5.01. The molecule has 82 heavy (non-hydrogen) atoms. The number of carbonyl (C=O) groups excluding carboxylic acids is 2. The number of rotatable bonds is 70. The average molecular weight is 1160 g/mol. The second-order valence-corrected chi connectivity index (χ2v) is 26.0. The van der Waals surface area contributed by atoms with Crippen LogP contribution in [0.15, 0.2) is 0 Å². The average Bonchev–Trinajstić information content (AvgIpc) is 3.48. The number of carbonyl (C=O) groups is 2. The highest BCUT2D eigenvalue weighted by Gasteiger charge is 2.23. The second kappa shape index (κ2) is 67.3. The molecule has 0 aromatic heterocycles. The number of nitrogens with zero attached hydrogens (tertiary/aromatic N) is 2. The summed E-state index contributed by atoms with van der Waals surface area (Å²) in [7, 11) is 0. The first kappa shape index (κ1) is 80.8. The molecular formula is C74H148N2O6. The normalized spacial score (nSPS) is 12.3. The fraction of sp³-hybridized carbons (Fsp3) is 0.973. The van der Waals surface area contributed by atoms with Crippen molar-refractivity contribution in [1.82, 2.24) is 9.80 Å². The maximum absolute atomic E-state index is 14.2. The van der Waals surface area contributed by atoms with Gasteiger partial charge in [-0.2, -0.15) is 0 Å². The predicted molar refractivity (Wildman–Crippen MR) is 357 cm³/mol. The molecule has 0 fully saturated rings. The smallest absolute Gasteiger partial charge is 0.309 e. The van der Waals surface area contributed by atoms with Crippen LogP contribution < -0.4 is 0 Å². The molecule has 0 aliphatic carbocycles. The number of hydrogen-bond acceptors (Lipinski definition) is 8. The molecule has 8 nitrogen and oxygen atoms in total. The van der Waals surface area contributed by atoms with Crippen LogP contribution in [0.4, 0.5) is 0 Å². The Morgan fingerprint density at radius 3 is 0.805 bits per heavy atom. The van der Waals surface area contributed by atoms with E-state index in [1.54, 1.807) is 0 Å². The Labute approximate surface area is 513 Å². The number of ether oxygens (including phenoxy) is 2. The van der Waals surface area contributed by atoms with Gasteiger partial charge in [-0.05, 0) is 135 Å². The van der Waals surface area contributed by atoms with E-state index >= 15 is 0 Å². The van der Waals surface area contributed by atoms with E-state index in [4.69, 9.17) is 9.47 Å². The molecule has 2 N–H and O–H groups in total. The predicted octanol–water partition coefficient (Wildman–Crippen LogP) is 22.0. The van der Waals surface area contributed by atoms with Crippen molar-refractivity contribution < 1.29 is 29.3 Å². The Bertz CT molecular complexity index is 1220. The first-order chi connectivity index (χ1) is 40.4. The fourth-order valence-corrected chi connectivity index (χ4v) is 12.4. The summed E-state index contributed by atoms with van der Waals surface area (Å²) < 4.78 is 12.7. The quantitative estimate of drug-likeness (QED) is 0.0459. The zero-order chi connectivity index (χ0) is 59.7. The van der Waals surface area contributed by atoms with Gasteiger partial charge in [0.15, 0.2) is 0 Å². The number of unbranched alkanes of at least 4 members (excludes halogenated alkanes) is 39. The van der Waals surface area contributed by atoms with Crippen LogP contribution in [0.25, 0.3) is 0 Å². The molecule has 1 atom stereocenters. The van der Waals surface area contributed by atoms with Crippen LogP contribution in [0.5, 0.6) is 0 Å². The molecule has 0 aliphatic rings. The minimum Gasteiger partial charge on any atom is -0.462 e. The second-order valence-electron chi connectivity index (χ2n) is 26.0. The number of hydrogen-bond donors (Lipinski definition) is 2. The molecule has 0 saturated carbocycles. The van der Waals surface area contributed by atoms with Gasteiger partial charge in [-0.15, -0.1) is 0 Å². The highest BCUT2D eigenvalue weighted by Crippen LogP contribution is 2.25. The van der Waals surface area contributed by atoms with Gasteiger partial charge in [-0.1, -0.05) is 279 Å². The van der Waals surface area contributed by atoms with Crippen molar-refractivity contribution in [2.24, 2.45) is 5.92 Å². The summed E-state index contributed by atoms with van der Waals surface area (Å²) in [6.45, 7) is 18.4.